The lowest BCUT2D eigenvalue weighted by Crippen LogP contribution is -2.52. The predicted octanol–water partition coefficient (Wildman–Crippen LogP) is 0.326. The number of amides is 2. The number of carboxylic acids is 1. The molecule has 0 saturated carbocycles. The van der Waals surface area contributed by atoms with Crippen LogP contribution in [0.3, 0.4) is 0 Å². The number of terminal acetylenes is 1. The zero-order valence-corrected chi connectivity index (χ0v) is 12.2. The van der Waals surface area contributed by atoms with Crippen LogP contribution in [0.4, 0.5) is 0 Å². The average molecular weight is 302 g/mol. The van der Waals surface area contributed by atoms with Crippen LogP contribution in [0.15, 0.2) is 30.3 Å². The molecular formula is C16H18N2O4. The topological polar surface area (TPSA) is 95.5 Å². The fourth-order valence-corrected chi connectivity index (χ4v) is 1.89. The van der Waals surface area contributed by atoms with Gasteiger partial charge in [0.1, 0.15) is 12.1 Å². The van der Waals surface area contributed by atoms with E-state index in [1.54, 1.807) is 0 Å². The highest BCUT2D eigenvalue weighted by Crippen LogP contribution is 2.04. The zero-order valence-electron chi connectivity index (χ0n) is 12.2. The van der Waals surface area contributed by atoms with Crippen molar-refractivity contribution in [3.05, 3.63) is 35.9 Å². The first kappa shape index (κ1) is 17.2. The van der Waals surface area contributed by atoms with E-state index in [-0.39, 0.29) is 18.7 Å². The van der Waals surface area contributed by atoms with Crippen LogP contribution in [0, 0.1) is 12.3 Å². The molecule has 1 aromatic carbocycles. The molecule has 2 amide bonds. The number of nitrogens with one attached hydrogen (secondary N) is 2. The molecule has 0 radical (unpaired) electrons. The van der Waals surface area contributed by atoms with E-state index in [2.05, 4.69) is 16.6 Å². The number of hydrogen-bond donors (Lipinski definition) is 3. The molecule has 0 aromatic heterocycles. The zero-order chi connectivity index (χ0) is 16.5. The van der Waals surface area contributed by atoms with E-state index in [1.807, 2.05) is 30.3 Å². The lowest BCUT2D eigenvalue weighted by atomic mass is 10.0. The first-order chi connectivity index (χ1) is 10.4. The van der Waals surface area contributed by atoms with E-state index in [0.717, 1.165) is 5.56 Å². The minimum atomic E-state index is -1.22. The highest BCUT2D eigenvalue weighted by atomic mass is 16.4. The van der Waals surface area contributed by atoms with Gasteiger partial charge in [0.2, 0.25) is 11.8 Å². The number of rotatable bonds is 7. The normalized spacial score (nSPS) is 12.5. The van der Waals surface area contributed by atoms with E-state index in [9.17, 15) is 14.4 Å². The number of carbonyl (C=O) groups excluding carboxylic acids is 2. The van der Waals surface area contributed by atoms with Crippen LogP contribution in [0.2, 0.25) is 0 Å². The first-order valence-electron chi connectivity index (χ1n) is 6.71. The summed E-state index contributed by atoms with van der Waals surface area (Å²) in [6.45, 7) is 1.29. The molecule has 116 valence electrons. The Morgan fingerprint density at radius 1 is 1.18 bits per heavy atom. The standard InChI is InChI=1S/C16H18N2O4/c1-3-7-13(16(21)22)18-15(20)14(17-11(2)19)10-12-8-5-4-6-9-12/h1,4-6,8-9,13-14H,7,10H2,2H3,(H,17,19)(H,18,20)(H,21,22)/t13-,14-/m0/s1. The summed E-state index contributed by atoms with van der Waals surface area (Å²) in [5.41, 5.74) is 0.847. The maximum Gasteiger partial charge on any atom is 0.327 e. The Kier molecular flexibility index (Phi) is 6.64. The van der Waals surface area contributed by atoms with Crippen LogP contribution >= 0.6 is 0 Å². The SMILES string of the molecule is C#CC[C@H](NC(=O)[C@H](Cc1ccccc1)NC(C)=O)C(=O)O. The van der Waals surface area contributed by atoms with Crippen molar-refractivity contribution >= 4 is 17.8 Å². The fourth-order valence-electron chi connectivity index (χ4n) is 1.89. The average Bonchev–Trinajstić information content (AvgIpc) is 2.46. The third kappa shape index (κ3) is 5.67. The minimum absolute atomic E-state index is 0.126. The van der Waals surface area contributed by atoms with Crippen molar-refractivity contribution in [1.82, 2.24) is 10.6 Å². The Balaban J connectivity index is 2.82. The van der Waals surface area contributed by atoms with Gasteiger partial charge in [0.15, 0.2) is 0 Å². The molecule has 0 aliphatic carbocycles. The van der Waals surface area contributed by atoms with Crippen molar-refractivity contribution < 1.29 is 19.5 Å². The number of carboxylic acid groups (broad SMARTS) is 1. The highest BCUT2D eigenvalue weighted by molar-refractivity contribution is 5.90. The quantitative estimate of drug-likeness (QED) is 0.632. The molecule has 2 atom stereocenters. The van der Waals surface area contributed by atoms with Crippen molar-refractivity contribution in [2.45, 2.75) is 31.8 Å². The van der Waals surface area contributed by atoms with Gasteiger partial charge in [-0.1, -0.05) is 30.3 Å². The molecule has 0 aliphatic heterocycles. The summed E-state index contributed by atoms with van der Waals surface area (Å²) < 4.78 is 0. The third-order valence-corrected chi connectivity index (χ3v) is 2.91. The van der Waals surface area contributed by atoms with E-state index in [1.165, 1.54) is 6.92 Å². The monoisotopic (exact) mass is 302 g/mol. The number of benzene rings is 1. The molecule has 0 fully saturated rings. The maximum atomic E-state index is 12.2. The van der Waals surface area contributed by atoms with Gasteiger partial charge in [0.25, 0.3) is 0 Å². The molecule has 0 spiro atoms. The smallest absolute Gasteiger partial charge is 0.327 e. The number of carbonyl (C=O) groups is 3. The second-order valence-electron chi connectivity index (χ2n) is 4.75. The van der Waals surface area contributed by atoms with Crippen LogP contribution in [0.25, 0.3) is 0 Å². The van der Waals surface area contributed by atoms with Crippen molar-refractivity contribution in [3.63, 3.8) is 0 Å². The van der Waals surface area contributed by atoms with Crippen LogP contribution in [-0.4, -0.2) is 35.0 Å². The van der Waals surface area contributed by atoms with Crippen molar-refractivity contribution in [2.75, 3.05) is 0 Å². The van der Waals surface area contributed by atoms with E-state index >= 15 is 0 Å². The van der Waals surface area contributed by atoms with E-state index < -0.39 is 24.0 Å². The Morgan fingerprint density at radius 2 is 1.82 bits per heavy atom. The summed E-state index contributed by atoms with van der Waals surface area (Å²) in [6, 6.07) is 7.07. The third-order valence-electron chi connectivity index (χ3n) is 2.91. The predicted molar refractivity (Wildman–Crippen MR) is 80.8 cm³/mol. The van der Waals surface area contributed by atoms with Gasteiger partial charge in [-0.2, -0.15) is 0 Å². The van der Waals surface area contributed by atoms with Crippen molar-refractivity contribution in [2.24, 2.45) is 0 Å². The Labute approximate surface area is 128 Å². The van der Waals surface area contributed by atoms with E-state index in [0.29, 0.717) is 0 Å². The van der Waals surface area contributed by atoms with Gasteiger partial charge in [-0.05, 0) is 5.56 Å². The molecule has 0 aliphatic rings. The Bertz CT molecular complexity index is 578. The molecule has 0 bridgehead atoms. The Hall–Kier alpha value is -2.81. The molecule has 1 aromatic rings. The molecule has 3 N–H and O–H groups in total. The summed E-state index contributed by atoms with van der Waals surface area (Å²) in [6.07, 6.45) is 5.22. The molecule has 1 rings (SSSR count). The van der Waals surface area contributed by atoms with Crippen LogP contribution in [0.5, 0.6) is 0 Å². The summed E-state index contributed by atoms with van der Waals surface area (Å²) in [4.78, 5) is 34.5. The molecule has 0 heterocycles. The second-order valence-corrected chi connectivity index (χ2v) is 4.75. The highest BCUT2D eigenvalue weighted by Gasteiger charge is 2.25. The molecular weight excluding hydrogens is 284 g/mol. The first-order valence-corrected chi connectivity index (χ1v) is 6.71. The summed E-state index contributed by atoms with van der Waals surface area (Å²) in [5.74, 6) is 0.0290. The van der Waals surface area contributed by atoms with Gasteiger partial charge in [-0.15, -0.1) is 12.3 Å². The minimum Gasteiger partial charge on any atom is -0.480 e. The molecule has 22 heavy (non-hydrogen) atoms. The van der Waals surface area contributed by atoms with Crippen LogP contribution in [-0.2, 0) is 20.8 Å². The molecule has 0 unspecified atom stereocenters. The van der Waals surface area contributed by atoms with Crippen LogP contribution < -0.4 is 10.6 Å². The van der Waals surface area contributed by atoms with Gasteiger partial charge in [-0.25, -0.2) is 4.79 Å². The van der Waals surface area contributed by atoms with Gasteiger partial charge < -0.3 is 15.7 Å². The fraction of sp³-hybridized carbons (Fsp3) is 0.312. The summed E-state index contributed by atoms with van der Waals surface area (Å²) in [5, 5.41) is 13.9. The second kappa shape index (κ2) is 8.47. The molecule has 0 saturated heterocycles. The Morgan fingerprint density at radius 3 is 2.32 bits per heavy atom. The van der Waals surface area contributed by atoms with Gasteiger partial charge in [-0.3, -0.25) is 9.59 Å². The van der Waals surface area contributed by atoms with Gasteiger partial charge >= 0.3 is 5.97 Å². The number of hydrogen-bond acceptors (Lipinski definition) is 3. The maximum absolute atomic E-state index is 12.2. The summed E-state index contributed by atoms with van der Waals surface area (Å²) >= 11 is 0. The van der Waals surface area contributed by atoms with Gasteiger partial charge in [0, 0.05) is 19.8 Å². The largest absolute Gasteiger partial charge is 0.480 e. The van der Waals surface area contributed by atoms with Crippen LogP contribution in [0.1, 0.15) is 18.9 Å². The molecule has 6 nitrogen and oxygen atoms in total. The van der Waals surface area contributed by atoms with E-state index in [4.69, 9.17) is 11.5 Å². The lowest BCUT2D eigenvalue weighted by molar-refractivity contribution is -0.142. The molecule has 6 heteroatoms. The number of aliphatic carboxylic acids is 1. The van der Waals surface area contributed by atoms with Gasteiger partial charge in [0.05, 0.1) is 0 Å². The van der Waals surface area contributed by atoms with Crippen molar-refractivity contribution in [3.8, 4) is 12.3 Å². The lowest BCUT2D eigenvalue weighted by Gasteiger charge is -2.20. The summed E-state index contributed by atoms with van der Waals surface area (Å²) in [7, 11) is 0. The van der Waals surface area contributed by atoms with Crippen molar-refractivity contribution in [1.29, 1.82) is 0 Å².